The van der Waals surface area contributed by atoms with Crippen LogP contribution in [0, 0.1) is 0 Å². The summed E-state index contributed by atoms with van der Waals surface area (Å²) in [4.78, 5) is 24.9. The van der Waals surface area contributed by atoms with Gasteiger partial charge in [-0.3, -0.25) is 4.79 Å². The Kier molecular flexibility index (Phi) is 11.3. The number of benzene rings is 2. The van der Waals surface area contributed by atoms with Crippen molar-refractivity contribution >= 4 is 51.1 Å². The summed E-state index contributed by atoms with van der Waals surface area (Å²) in [6.45, 7) is 2.23. The Morgan fingerprint density at radius 3 is 2.29 bits per heavy atom. The van der Waals surface area contributed by atoms with E-state index in [9.17, 15) is 9.59 Å². The third-order valence-corrected chi connectivity index (χ3v) is 7.38. The number of rotatable bonds is 14. The summed E-state index contributed by atoms with van der Waals surface area (Å²) in [6.07, 6.45) is 13.1. The van der Waals surface area contributed by atoms with Crippen molar-refractivity contribution in [3.05, 3.63) is 64.0 Å². The number of fused-ring (bicyclic) bond motifs is 1. The van der Waals surface area contributed by atoms with Crippen LogP contribution < -0.4 is 10.2 Å². The highest BCUT2D eigenvalue weighted by atomic mass is 35.5. The number of hydrogen-bond acceptors (Lipinski definition) is 5. The molecule has 1 heterocycles. The van der Waals surface area contributed by atoms with Crippen LogP contribution in [-0.2, 0) is 4.79 Å². The van der Waals surface area contributed by atoms with Gasteiger partial charge in [0.05, 0.1) is 11.2 Å². The molecule has 2 aromatic carbocycles. The van der Waals surface area contributed by atoms with E-state index in [1.165, 1.54) is 56.3 Å². The second-order valence-electron chi connectivity index (χ2n) is 8.57. The van der Waals surface area contributed by atoms with E-state index in [2.05, 4.69) is 17.5 Å². The molecule has 0 saturated heterocycles. The van der Waals surface area contributed by atoms with Crippen molar-refractivity contribution in [1.82, 2.24) is 5.43 Å². The minimum atomic E-state index is -0.485. The van der Waals surface area contributed by atoms with Gasteiger partial charge in [-0.1, -0.05) is 88.1 Å². The van der Waals surface area contributed by atoms with Gasteiger partial charge in [-0.15, -0.1) is 11.3 Å². The van der Waals surface area contributed by atoms with Crippen LogP contribution in [0.1, 0.15) is 86.4 Å². The number of ether oxygens (including phenoxy) is 1. The molecule has 0 bridgehead atoms. The van der Waals surface area contributed by atoms with Gasteiger partial charge < -0.3 is 4.74 Å². The number of carbonyl (C=O) groups is 2. The summed E-state index contributed by atoms with van der Waals surface area (Å²) >= 11 is 7.67. The highest BCUT2D eigenvalue weighted by Crippen LogP contribution is 2.35. The molecule has 0 aliphatic carbocycles. The lowest BCUT2D eigenvalue weighted by Crippen LogP contribution is -2.16. The number of hydrazone groups is 1. The van der Waals surface area contributed by atoms with Crippen molar-refractivity contribution in [2.45, 2.75) is 71.1 Å². The van der Waals surface area contributed by atoms with Gasteiger partial charge in [0.2, 0.25) is 5.91 Å². The van der Waals surface area contributed by atoms with Crippen LogP contribution in [0.5, 0.6) is 5.75 Å². The first-order chi connectivity index (χ1) is 17.1. The van der Waals surface area contributed by atoms with E-state index in [1.807, 2.05) is 24.3 Å². The Morgan fingerprint density at radius 2 is 1.60 bits per heavy atom. The van der Waals surface area contributed by atoms with Gasteiger partial charge in [-0.2, -0.15) is 5.10 Å². The lowest BCUT2D eigenvalue weighted by molar-refractivity contribution is -0.121. The number of hydrogen-bond donors (Lipinski definition) is 1. The van der Waals surface area contributed by atoms with E-state index in [1.54, 1.807) is 30.5 Å². The topological polar surface area (TPSA) is 67.8 Å². The average molecular weight is 513 g/mol. The molecule has 7 heteroatoms. The van der Waals surface area contributed by atoms with E-state index in [0.29, 0.717) is 22.1 Å². The van der Waals surface area contributed by atoms with Gasteiger partial charge in [0.1, 0.15) is 10.6 Å². The zero-order chi connectivity index (χ0) is 24.9. The average Bonchev–Trinajstić information content (AvgIpc) is 3.21. The van der Waals surface area contributed by atoms with Gasteiger partial charge in [0.25, 0.3) is 0 Å². The van der Waals surface area contributed by atoms with Crippen LogP contribution in [-0.4, -0.2) is 18.1 Å². The summed E-state index contributed by atoms with van der Waals surface area (Å²) < 4.78 is 6.42. The monoisotopic (exact) mass is 512 g/mol. The van der Waals surface area contributed by atoms with E-state index in [-0.39, 0.29) is 5.91 Å². The molecule has 0 atom stereocenters. The minimum Gasteiger partial charge on any atom is -0.422 e. The summed E-state index contributed by atoms with van der Waals surface area (Å²) in [6, 6.07) is 14.5. The van der Waals surface area contributed by atoms with Crippen LogP contribution >= 0.6 is 22.9 Å². The third kappa shape index (κ3) is 8.79. The van der Waals surface area contributed by atoms with Crippen molar-refractivity contribution in [3.63, 3.8) is 0 Å². The fourth-order valence-electron chi connectivity index (χ4n) is 3.75. The maximum absolute atomic E-state index is 12.6. The molecule has 0 aliphatic heterocycles. The fourth-order valence-corrected chi connectivity index (χ4v) is 5.14. The summed E-state index contributed by atoms with van der Waals surface area (Å²) in [5, 5.41) is 5.28. The first kappa shape index (κ1) is 26.9. The number of nitrogens with one attached hydrogen (secondary N) is 1. The van der Waals surface area contributed by atoms with Crippen molar-refractivity contribution in [2.75, 3.05) is 0 Å². The predicted molar refractivity (Wildman–Crippen MR) is 146 cm³/mol. The standard InChI is InChI=1S/C28H33ClN2O3S/c1-2-3-4-5-6-7-8-9-10-15-25(32)31-30-20-21-16-18-22(19-17-21)34-28(33)27-26(29)23-13-11-12-14-24(23)35-27/h11-14,16-20H,2-10,15H2,1H3,(H,31,32)/b30-20+. The number of amides is 1. The number of unbranched alkanes of at least 4 members (excludes halogenated alkanes) is 8. The summed E-state index contributed by atoms with van der Waals surface area (Å²) in [5.41, 5.74) is 3.36. The quantitative estimate of drug-likeness (QED) is 0.0778. The highest BCUT2D eigenvalue weighted by molar-refractivity contribution is 7.21. The molecule has 0 radical (unpaired) electrons. The zero-order valence-electron chi connectivity index (χ0n) is 20.2. The molecular weight excluding hydrogens is 480 g/mol. The molecule has 0 spiro atoms. The molecule has 186 valence electrons. The van der Waals surface area contributed by atoms with E-state index < -0.39 is 5.97 Å². The summed E-state index contributed by atoms with van der Waals surface area (Å²) in [7, 11) is 0. The molecule has 0 saturated carbocycles. The van der Waals surface area contributed by atoms with Crippen LogP contribution in [0.4, 0.5) is 0 Å². The molecule has 1 aromatic heterocycles. The summed E-state index contributed by atoms with van der Waals surface area (Å²) in [5.74, 6) is -0.147. The van der Waals surface area contributed by atoms with E-state index in [4.69, 9.17) is 16.3 Å². The second-order valence-corrected chi connectivity index (χ2v) is 10.0. The largest absolute Gasteiger partial charge is 0.422 e. The van der Waals surface area contributed by atoms with Gasteiger partial charge in [-0.05, 0) is 42.3 Å². The first-order valence-corrected chi connectivity index (χ1v) is 13.6. The maximum Gasteiger partial charge on any atom is 0.355 e. The SMILES string of the molecule is CCCCCCCCCCCC(=O)N/N=C/c1ccc(OC(=O)c2sc3ccccc3c2Cl)cc1. The maximum atomic E-state index is 12.6. The van der Waals surface area contributed by atoms with Gasteiger partial charge in [-0.25, -0.2) is 10.2 Å². The van der Waals surface area contributed by atoms with Crippen molar-refractivity contribution in [3.8, 4) is 5.75 Å². The minimum absolute atomic E-state index is 0.0741. The number of carbonyl (C=O) groups excluding carboxylic acids is 2. The van der Waals surface area contributed by atoms with Crippen molar-refractivity contribution < 1.29 is 14.3 Å². The molecule has 35 heavy (non-hydrogen) atoms. The van der Waals surface area contributed by atoms with Crippen molar-refractivity contribution in [1.29, 1.82) is 0 Å². The van der Waals surface area contributed by atoms with E-state index in [0.717, 1.165) is 28.5 Å². The Labute approximate surface area is 216 Å². The second kappa shape index (κ2) is 14.6. The molecule has 0 unspecified atom stereocenters. The number of esters is 1. The predicted octanol–water partition coefficient (Wildman–Crippen LogP) is 8.14. The smallest absolute Gasteiger partial charge is 0.355 e. The Bertz CT molecular complexity index is 1120. The van der Waals surface area contributed by atoms with E-state index >= 15 is 0 Å². The normalized spacial score (nSPS) is 11.3. The fraction of sp³-hybridized carbons (Fsp3) is 0.393. The van der Waals surface area contributed by atoms with Gasteiger partial charge in [0, 0.05) is 16.5 Å². The Morgan fingerprint density at radius 1 is 0.943 bits per heavy atom. The van der Waals surface area contributed by atoms with Crippen LogP contribution in [0.3, 0.4) is 0 Å². The zero-order valence-corrected chi connectivity index (χ0v) is 21.8. The molecule has 3 rings (SSSR count). The molecular formula is C28H33ClN2O3S. The number of halogens is 1. The molecule has 1 amide bonds. The third-order valence-electron chi connectivity index (χ3n) is 5.72. The Hall–Kier alpha value is -2.70. The molecule has 1 N–H and O–H groups in total. The first-order valence-electron chi connectivity index (χ1n) is 12.4. The highest BCUT2D eigenvalue weighted by Gasteiger charge is 2.18. The molecule has 5 nitrogen and oxygen atoms in total. The van der Waals surface area contributed by atoms with Crippen molar-refractivity contribution in [2.24, 2.45) is 5.10 Å². The lowest BCUT2D eigenvalue weighted by Gasteiger charge is -2.04. The number of nitrogens with zero attached hydrogens (tertiary/aromatic N) is 1. The lowest BCUT2D eigenvalue weighted by atomic mass is 10.1. The van der Waals surface area contributed by atoms with Crippen LogP contribution in [0.2, 0.25) is 5.02 Å². The van der Waals surface area contributed by atoms with Gasteiger partial charge in [0.15, 0.2) is 0 Å². The van der Waals surface area contributed by atoms with Gasteiger partial charge >= 0.3 is 5.97 Å². The molecule has 3 aromatic rings. The molecule has 0 aliphatic rings. The van der Waals surface area contributed by atoms with Crippen LogP contribution in [0.15, 0.2) is 53.6 Å². The molecule has 0 fully saturated rings. The number of thiophene rings is 1. The Balaban J connectivity index is 1.36. The van der Waals surface area contributed by atoms with Crippen LogP contribution in [0.25, 0.3) is 10.1 Å².